The van der Waals surface area contributed by atoms with E-state index in [1.807, 2.05) is 0 Å². The van der Waals surface area contributed by atoms with Gasteiger partial charge in [-0.2, -0.15) is 0 Å². The highest BCUT2D eigenvalue weighted by atomic mass is 16.5. The highest BCUT2D eigenvalue weighted by molar-refractivity contribution is 5.15. The molecule has 43 heavy (non-hydrogen) atoms. The van der Waals surface area contributed by atoms with E-state index in [9.17, 15) is 0 Å². The van der Waals surface area contributed by atoms with E-state index in [1.165, 1.54) is 32.1 Å². The van der Waals surface area contributed by atoms with Gasteiger partial charge in [0.15, 0.2) is 0 Å². The van der Waals surface area contributed by atoms with Gasteiger partial charge < -0.3 is 14.2 Å². The zero-order chi connectivity index (χ0) is 30.9. The molecule has 0 N–H and O–H groups in total. The van der Waals surface area contributed by atoms with Crippen molar-refractivity contribution in [1.82, 2.24) is 0 Å². The van der Waals surface area contributed by atoms with Crippen LogP contribution in [0.3, 0.4) is 0 Å². The van der Waals surface area contributed by atoms with E-state index in [2.05, 4.69) is 57.8 Å². The molecule has 0 aromatic rings. The lowest BCUT2D eigenvalue weighted by molar-refractivity contribution is -0.226. The van der Waals surface area contributed by atoms with Gasteiger partial charge in [0, 0.05) is 39.8 Å². The average molecular weight is 600 g/mol. The van der Waals surface area contributed by atoms with Gasteiger partial charge in [-0.1, -0.05) is 62.3 Å². The van der Waals surface area contributed by atoms with Crippen molar-refractivity contribution in [2.75, 3.05) is 39.5 Å². The minimum atomic E-state index is 0.0296. The van der Waals surface area contributed by atoms with Crippen LogP contribution >= 0.6 is 0 Å². The molecule has 4 saturated carbocycles. The number of fused-ring (bicyclic) bond motifs is 5. The Hall–Kier alpha value is -2.19. The van der Waals surface area contributed by atoms with Crippen LogP contribution in [0.25, 0.3) is 31.3 Å². The van der Waals surface area contributed by atoms with Gasteiger partial charge in [-0.3, -0.25) is 0 Å². The largest absolute Gasteiger partial charge is 0.378 e. The molecule has 0 bridgehead atoms. The normalized spacial score (nSPS) is 38.8. The molecule has 0 unspecified atom stereocenters. The molecule has 4 aliphatic carbocycles. The second-order valence-corrected chi connectivity index (χ2v) is 14.0. The first-order valence-electron chi connectivity index (χ1n) is 16.7. The third kappa shape index (κ3) is 7.22. The summed E-state index contributed by atoms with van der Waals surface area (Å²) in [6.45, 7) is 12.2. The Labute approximate surface area is 256 Å². The number of rotatable bonds is 16. The van der Waals surface area contributed by atoms with Gasteiger partial charge in [0.25, 0.3) is 0 Å². The fraction of sp³-hybridized carbons (Fsp3) is 1.00. The Morgan fingerprint density at radius 1 is 0.814 bits per heavy atom. The standard InChI is InChI=1S/C31H53N9O3/c1-5-6-7-21(2)24-8-9-25-29-26(20-28(31(24,25)4)43-17-14-37-40-34)30(3)11-10-23(41-15-12-35-38-32)18-22(30)19-27(29)42-16-13-36-39-33/h21-29H,5-20H2,1-4H3/t21-,22+,23-,24-,25+,26+,27-,28+,29+,30+,31-/m1/s1. The summed E-state index contributed by atoms with van der Waals surface area (Å²) in [6, 6.07) is 0. The monoisotopic (exact) mass is 599 g/mol. The number of unbranched alkanes of at least 4 members (excludes halogenated alkanes) is 1. The van der Waals surface area contributed by atoms with E-state index in [0.717, 1.165) is 32.1 Å². The van der Waals surface area contributed by atoms with Crippen LogP contribution < -0.4 is 0 Å². The van der Waals surface area contributed by atoms with E-state index in [4.69, 9.17) is 30.8 Å². The average Bonchev–Trinajstić information content (AvgIpc) is 3.37. The summed E-state index contributed by atoms with van der Waals surface area (Å²) in [5, 5.41) is 11.2. The van der Waals surface area contributed by atoms with E-state index in [-0.39, 0.29) is 29.1 Å². The highest BCUT2D eigenvalue weighted by Gasteiger charge is 2.66. The molecule has 0 amide bonds. The van der Waals surface area contributed by atoms with E-state index in [0.29, 0.717) is 75.0 Å². The lowest BCUT2D eigenvalue weighted by Gasteiger charge is -2.64. The van der Waals surface area contributed by atoms with Crippen LogP contribution in [0.5, 0.6) is 0 Å². The highest BCUT2D eigenvalue weighted by Crippen LogP contribution is 2.69. The van der Waals surface area contributed by atoms with Crippen molar-refractivity contribution >= 4 is 0 Å². The molecule has 0 aliphatic heterocycles. The third-order valence-corrected chi connectivity index (χ3v) is 12.2. The molecule has 0 aromatic heterocycles. The van der Waals surface area contributed by atoms with Gasteiger partial charge in [0.1, 0.15) is 0 Å². The first-order chi connectivity index (χ1) is 20.8. The second-order valence-electron chi connectivity index (χ2n) is 14.0. The SMILES string of the molecule is CCCC[C@@H](C)[C@H]1CC[C@H]2[C@@H]3[C@H](OCCN=[N+]=[N-])C[C@@H]4C[C@H](OCCN=[N+]=[N-])CC[C@]4(C)[C@H]3C[C@H](OCCN=[N+]=[N-])[C@]12C. The Kier molecular flexibility index (Phi) is 12.3. The van der Waals surface area contributed by atoms with Gasteiger partial charge >= 0.3 is 0 Å². The maximum absolute atomic E-state index is 8.89. The molecule has 0 radical (unpaired) electrons. The Morgan fingerprint density at radius 3 is 2.12 bits per heavy atom. The molecule has 0 spiro atoms. The number of hydrogen-bond donors (Lipinski definition) is 0. The van der Waals surface area contributed by atoms with Crippen molar-refractivity contribution in [2.45, 2.75) is 110 Å². The van der Waals surface area contributed by atoms with Gasteiger partial charge in [-0.05, 0) is 102 Å². The van der Waals surface area contributed by atoms with E-state index >= 15 is 0 Å². The van der Waals surface area contributed by atoms with Crippen molar-refractivity contribution in [2.24, 2.45) is 61.7 Å². The van der Waals surface area contributed by atoms with Gasteiger partial charge in [-0.15, -0.1) is 0 Å². The van der Waals surface area contributed by atoms with Gasteiger partial charge in [0.05, 0.1) is 38.1 Å². The first kappa shape index (κ1) is 33.7. The molecule has 11 atom stereocenters. The molecule has 4 fully saturated rings. The minimum Gasteiger partial charge on any atom is -0.378 e. The molecule has 12 nitrogen and oxygen atoms in total. The van der Waals surface area contributed by atoms with Crippen LogP contribution in [0.1, 0.15) is 91.9 Å². The van der Waals surface area contributed by atoms with Crippen molar-refractivity contribution < 1.29 is 14.2 Å². The number of ether oxygens (including phenoxy) is 3. The zero-order valence-corrected chi connectivity index (χ0v) is 26.8. The van der Waals surface area contributed by atoms with Crippen LogP contribution in [0, 0.1) is 46.3 Å². The second kappa shape index (κ2) is 15.7. The summed E-state index contributed by atoms with van der Waals surface area (Å²) in [5.41, 5.74) is 26.6. The zero-order valence-electron chi connectivity index (χ0n) is 26.8. The van der Waals surface area contributed by atoms with Crippen molar-refractivity contribution in [3.8, 4) is 0 Å². The van der Waals surface area contributed by atoms with Crippen LogP contribution in [-0.2, 0) is 14.2 Å². The summed E-state index contributed by atoms with van der Waals surface area (Å²) in [4.78, 5) is 8.77. The molecule has 12 heteroatoms. The number of nitrogens with zero attached hydrogens (tertiary/aromatic N) is 9. The smallest absolute Gasteiger partial charge is 0.0637 e. The molecule has 0 saturated heterocycles. The quantitative estimate of drug-likeness (QED) is 0.0747. The summed E-state index contributed by atoms with van der Waals surface area (Å²) < 4.78 is 19.7. The minimum absolute atomic E-state index is 0.0296. The Bertz CT molecular complexity index is 1060. The van der Waals surface area contributed by atoms with Crippen LogP contribution in [0.15, 0.2) is 15.3 Å². The lowest BCUT2D eigenvalue weighted by Crippen LogP contribution is -2.63. The fourth-order valence-corrected chi connectivity index (χ4v) is 10.2. The first-order valence-corrected chi connectivity index (χ1v) is 16.7. The summed E-state index contributed by atoms with van der Waals surface area (Å²) in [5.74, 6) is 3.04. The molecule has 0 aromatic carbocycles. The molecule has 240 valence electrons. The fourth-order valence-electron chi connectivity index (χ4n) is 10.2. The van der Waals surface area contributed by atoms with Crippen molar-refractivity contribution in [3.05, 3.63) is 31.3 Å². The molecular formula is C31H53N9O3. The van der Waals surface area contributed by atoms with Crippen LogP contribution in [-0.4, -0.2) is 57.8 Å². The Balaban J connectivity index is 1.65. The number of hydrogen-bond acceptors (Lipinski definition) is 6. The van der Waals surface area contributed by atoms with Crippen molar-refractivity contribution in [3.63, 3.8) is 0 Å². The van der Waals surface area contributed by atoms with Crippen molar-refractivity contribution in [1.29, 1.82) is 0 Å². The number of azide groups is 3. The predicted octanol–water partition coefficient (Wildman–Crippen LogP) is 8.78. The third-order valence-electron chi connectivity index (χ3n) is 12.2. The Morgan fingerprint density at radius 2 is 1.47 bits per heavy atom. The molecule has 0 heterocycles. The molecule has 4 rings (SSSR count). The maximum atomic E-state index is 8.89. The summed E-state index contributed by atoms with van der Waals surface area (Å²) >= 11 is 0. The molecule has 4 aliphatic rings. The van der Waals surface area contributed by atoms with Crippen LogP contribution in [0.2, 0.25) is 0 Å². The lowest BCUT2D eigenvalue weighted by atomic mass is 9.43. The molecular weight excluding hydrogens is 546 g/mol. The van der Waals surface area contributed by atoms with E-state index < -0.39 is 0 Å². The summed E-state index contributed by atoms with van der Waals surface area (Å²) in [7, 11) is 0. The predicted molar refractivity (Wildman–Crippen MR) is 166 cm³/mol. The summed E-state index contributed by atoms with van der Waals surface area (Å²) in [6.07, 6.45) is 11.6. The maximum Gasteiger partial charge on any atom is 0.0637 e. The van der Waals surface area contributed by atoms with E-state index in [1.54, 1.807) is 0 Å². The van der Waals surface area contributed by atoms with Crippen LogP contribution in [0.4, 0.5) is 0 Å². The topological polar surface area (TPSA) is 174 Å². The van der Waals surface area contributed by atoms with Gasteiger partial charge in [0.2, 0.25) is 0 Å². The van der Waals surface area contributed by atoms with Gasteiger partial charge in [-0.25, -0.2) is 0 Å².